The molecule has 0 aliphatic rings. The van der Waals surface area contributed by atoms with Gasteiger partial charge in [0, 0.05) is 23.1 Å². The molecule has 0 aliphatic heterocycles. The summed E-state index contributed by atoms with van der Waals surface area (Å²) in [6, 6.07) is 20.2. The Morgan fingerprint density at radius 1 is 1.00 bits per heavy atom. The number of esters is 1. The number of aromatic hydroxyl groups is 1. The van der Waals surface area contributed by atoms with Crippen LogP contribution in [0.25, 0.3) is 22.2 Å². The van der Waals surface area contributed by atoms with Crippen LogP contribution in [0.5, 0.6) is 5.75 Å². The van der Waals surface area contributed by atoms with Crippen LogP contribution in [0, 0.1) is 0 Å². The van der Waals surface area contributed by atoms with Crippen LogP contribution < -0.4 is 10.3 Å². The van der Waals surface area contributed by atoms with Crippen molar-refractivity contribution in [2.24, 2.45) is 0 Å². The second kappa shape index (κ2) is 9.67. The lowest BCUT2D eigenvalue weighted by molar-refractivity contribution is -0.392. The van der Waals surface area contributed by atoms with Crippen molar-refractivity contribution in [2.75, 3.05) is 7.11 Å². The monoisotopic (exact) mass is 431 g/mol. The molecule has 162 valence electrons. The van der Waals surface area contributed by atoms with Crippen molar-refractivity contribution >= 4 is 22.8 Å². The normalized spacial score (nSPS) is 11.3. The Kier molecular flexibility index (Phi) is 6.77. The van der Waals surface area contributed by atoms with E-state index in [1.54, 1.807) is 60.8 Å². The first-order valence-electron chi connectivity index (χ1n) is 9.62. The number of rotatable bonds is 5. The van der Waals surface area contributed by atoms with Gasteiger partial charge in [0.2, 0.25) is 11.7 Å². The average molecular weight is 431 g/mol. The maximum atomic E-state index is 13.3. The fourth-order valence-corrected chi connectivity index (χ4v) is 3.40. The van der Waals surface area contributed by atoms with Crippen molar-refractivity contribution in [3.05, 3.63) is 90.3 Å². The minimum Gasteiger partial charge on any atom is -0.870 e. The zero-order valence-corrected chi connectivity index (χ0v) is 17.1. The minimum atomic E-state index is -1.08. The Bertz CT molecular complexity index is 1250. The van der Waals surface area contributed by atoms with E-state index in [9.17, 15) is 14.7 Å². The summed E-state index contributed by atoms with van der Waals surface area (Å²) in [6.07, 6.45) is 1.64. The van der Waals surface area contributed by atoms with Gasteiger partial charge in [-0.25, -0.2) is 14.8 Å². The van der Waals surface area contributed by atoms with E-state index in [1.807, 2.05) is 18.2 Å². The zero-order valence-electron chi connectivity index (χ0n) is 17.1. The number of nitrogens with one attached hydrogen (secondary N) is 2. The minimum absolute atomic E-state index is 0. The van der Waals surface area contributed by atoms with Crippen LogP contribution in [0.3, 0.4) is 0 Å². The Morgan fingerprint density at radius 3 is 2.38 bits per heavy atom. The van der Waals surface area contributed by atoms with Crippen LogP contribution in [0.1, 0.15) is 22.1 Å². The van der Waals surface area contributed by atoms with E-state index in [0.29, 0.717) is 22.2 Å². The summed E-state index contributed by atoms with van der Waals surface area (Å²) in [7, 11) is 1.25. The highest BCUT2D eigenvalue weighted by atomic mass is 16.5. The van der Waals surface area contributed by atoms with Gasteiger partial charge in [-0.1, -0.05) is 54.6 Å². The number of H-pyrrole nitrogens is 1. The van der Waals surface area contributed by atoms with E-state index >= 15 is 0 Å². The molecule has 0 bridgehead atoms. The lowest BCUT2D eigenvalue weighted by Gasteiger charge is -2.16. The number of para-hydroxylation sites is 1. The molecular weight excluding hydrogens is 410 g/mol. The van der Waals surface area contributed by atoms with Gasteiger partial charge in [0.25, 0.3) is 5.91 Å². The highest BCUT2D eigenvalue weighted by Crippen LogP contribution is 2.35. The summed E-state index contributed by atoms with van der Waals surface area (Å²) in [5.41, 5.74) is 1.98. The fourth-order valence-electron chi connectivity index (χ4n) is 3.40. The molecule has 0 saturated heterocycles. The number of pyridine rings is 2. The molecule has 0 aliphatic carbocycles. The molecule has 2 heterocycles. The van der Waals surface area contributed by atoms with Crippen LogP contribution in [0.15, 0.2) is 79.0 Å². The van der Waals surface area contributed by atoms with Crippen LogP contribution >= 0.6 is 0 Å². The summed E-state index contributed by atoms with van der Waals surface area (Å²) in [5.74, 6) is -1.53. The van der Waals surface area contributed by atoms with Crippen LogP contribution in [-0.2, 0) is 9.53 Å². The van der Waals surface area contributed by atoms with Gasteiger partial charge in [0.1, 0.15) is 5.69 Å². The second-order valence-corrected chi connectivity index (χ2v) is 6.81. The van der Waals surface area contributed by atoms with Gasteiger partial charge in [0.15, 0.2) is 11.9 Å². The van der Waals surface area contributed by atoms with Crippen molar-refractivity contribution in [2.45, 2.75) is 6.04 Å². The third kappa shape index (κ3) is 4.26. The fraction of sp³-hybridized carbons (Fsp3) is 0.0833. The number of benzene rings is 2. The Labute approximate surface area is 183 Å². The standard InChI is InChI=1S/C24H19N3O4.H2O/c1-31-24(30)21(18-13-7-8-14-25-18)27-23(29)19-16-11-5-6-12-17(16)26-20(22(19)28)15-9-3-2-4-10-15;/h2-14,21,28H,1H3,(H,27,29);1H2. The zero-order chi connectivity index (χ0) is 21.8. The lowest BCUT2D eigenvalue weighted by Crippen LogP contribution is -2.38. The van der Waals surface area contributed by atoms with E-state index in [0.717, 1.165) is 0 Å². The van der Waals surface area contributed by atoms with Crippen molar-refractivity contribution in [3.8, 4) is 17.0 Å². The molecule has 0 radical (unpaired) electrons. The van der Waals surface area contributed by atoms with Crippen molar-refractivity contribution in [1.29, 1.82) is 0 Å². The molecule has 4 aromatic rings. The molecule has 0 saturated carbocycles. The Morgan fingerprint density at radius 2 is 1.69 bits per heavy atom. The number of aromatic amines is 1. The number of methoxy groups -OCH3 is 1. The number of carbonyl (C=O) groups excluding carboxylic acids is 2. The quantitative estimate of drug-likeness (QED) is 0.467. The first-order chi connectivity index (χ1) is 15.1. The number of nitrogens with zero attached hydrogens (tertiary/aromatic N) is 1. The van der Waals surface area contributed by atoms with Crippen molar-refractivity contribution in [3.63, 3.8) is 0 Å². The van der Waals surface area contributed by atoms with Gasteiger partial charge in [-0.15, -0.1) is 0 Å². The van der Waals surface area contributed by atoms with Crippen molar-refractivity contribution in [1.82, 2.24) is 10.3 Å². The van der Waals surface area contributed by atoms with E-state index in [4.69, 9.17) is 4.74 Å². The topological polar surface area (TPSA) is 133 Å². The molecule has 0 fully saturated rings. The first-order valence-corrected chi connectivity index (χ1v) is 9.62. The molecule has 8 nitrogen and oxygen atoms in total. The number of ether oxygens (including phenoxy) is 1. The van der Waals surface area contributed by atoms with E-state index < -0.39 is 17.9 Å². The third-order valence-electron chi connectivity index (χ3n) is 4.90. The predicted molar refractivity (Wildman–Crippen MR) is 116 cm³/mol. The molecule has 0 spiro atoms. The molecule has 32 heavy (non-hydrogen) atoms. The maximum absolute atomic E-state index is 13.3. The average Bonchev–Trinajstić information content (AvgIpc) is 2.82. The Balaban J connectivity index is 0.00000289. The molecule has 2 aromatic heterocycles. The van der Waals surface area contributed by atoms with Crippen LogP contribution in [-0.4, -0.2) is 34.6 Å². The van der Waals surface area contributed by atoms with E-state index in [-0.39, 0.29) is 22.5 Å². The number of hydrogen-bond donors (Lipinski definition) is 2. The Hall–Kier alpha value is -4.30. The summed E-state index contributed by atoms with van der Waals surface area (Å²) in [4.78, 5) is 33.2. The number of aromatic nitrogens is 2. The van der Waals surface area contributed by atoms with Gasteiger partial charge in [-0.3, -0.25) is 4.79 Å². The number of amides is 1. The molecule has 4 rings (SSSR count). The first kappa shape index (κ1) is 22.4. The summed E-state index contributed by atoms with van der Waals surface area (Å²) >= 11 is 0. The van der Waals surface area contributed by atoms with E-state index in [2.05, 4.69) is 15.3 Å². The van der Waals surface area contributed by atoms with Gasteiger partial charge in [-0.05, 0) is 6.07 Å². The number of hydrogen-bond acceptors (Lipinski definition) is 6. The second-order valence-electron chi connectivity index (χ2n) is 6.81. The smallest absolute Gasteiger partial charge is 0.339 e. The van der Waals surface area contributed by atoms with Gasteiger partial charge in [0.05, 0.1) is 18.2 Å². The van der Waals surface area contributed by atoms with Gasteiger partial charge in [-0.2, -0.15) is 0 Å². The molecule has 1 amide bonds. The largest absolute Gasteiger partial charge is 0.870 e. The third-order valence-corrected chi connectivity index (χ3v) is 4.90. The molecule has 1 atom stereocenters. The SMILES string of the molecule is COC(=O)C(NC(=O)c1c(O)c(-c2ccccc2)nc2ccccc12)c1cccc[nH+]1.[OH-]. The number of carbonyl (C=O) groups is 2. The highest BCUT2D eigenvalue weighted by molar-refractivity contribution is 6.11. The van der Waals surface area contributed by atoms with Crippen molar-refractivity contribution < 1.29 is 29.9 Å². The predicted octanol–water partition coefficient (Wildman–Crippen LogP) is 2.89. The lowest BCUT2D eigenvalue weighted by atomic mass is 10.0. The molecule has 2 aromatic carbocycles. The molecule has 4 N–H and O–H groups in total. The van der Waals surface area contributed by atoms with E-state index in [1.165, 1.54) is 7.11 Å². The van der Waals surface area contributed by atoms with Crippen LogP contribution in [0.4, 0.5) is 0 Å². The maximum Gasteiger partial charge on any atom is 0.339 e. The van der Waals surface area contributed by atoms with Gasteiger partial charge < -0.3 is 20.6 Å². The number of fused-ring (bicyclic) bond motifs is 1. The van der Waals surface area contributed by atoms with Crippen LogP contribution in [0.2, 0.25) is 0 Å². The summed E-state index contributed by atoms with van der Waals surface area (Å²) in [6.45, 7) is 0. The summed E-state index contributed by atoms with van der Waals surface area (Å²) < 4.78 is 4.87. The summed E-state index contributed by atoms with van der Waals surface area (Å²) in [5, 5.41) is 14.2. The molecular formula is C24H21N3O5. The van der Waals surface area contributed by atoms with Gasteiger partial charge >= 0.3 is 5.97 Å². The highest BCUT2D eigenvalue weighted by Gasteiger charge is 2.31. The molecule has 8 heteroatoms. The molecule has 1 unspecified atom stereocenters.